The van der Waals surface area contributed by atoms with Crippen LogP contribution in [0.25, 0.3) is 11.6 Å². The van der Waals surface area contributed by atoms with Gasteiger partial charge in [0.2, 0.25) is 0 Å². The van der Waals surface area contributed by atoms with Gasteiger partial charge < -0.3 is 14.6 Å². The van der Waals surface area contributed by atoms with Crippen LogP contribution >= 0.6 is 0 Å². The van der Waals surface area contributed by atoms with Gasteiger partial charge in [-0.25, -0.2) is 9.18 Å². The molecule has 3 aromatic rings. The van der Waals surface area contributed by atoms with E-state index < -0.39 is 5.97 Å². The van der Waals surface area contributed by atoms with Crippen LogP contribution in [0.4, 0.5) is 4.39 Å². The third kappa shape index (κ3) is 4.57. The molecule has 4 nitrogen and oxygen atoms in total. The van der Waals surface area contributed by atoms with Crippen LogP contribution in [0.5, 0.6) is 11.5 Å². The van der Waals surface area contributed by atoms with Gasteiger partial charge in [0.25, 0.3) is 0 Å². The summed E-state index contributed by atoms with van der Waals surface area (Å²) in [6.07, 6.45) is 1.54. The largest absolute Gasteiger partial charge is 0.497 e. The SMILES string of the molecule is COc1ccc(/C(=C/c2ccccc2OCc2ccccc2F)C(=O)O)cc1. The van der Waals surface area contributed by atoms with E-state index in [9.17, 15) is 14.3 Å². The second-order valence-corrected chi connectivity index (χ2v) is 6.01. The Kier molecular flexibility index (Phi) is 6.07. The molecule has 0 atom stereocenters. The molecule has 5 heteroatoms. The predicted molar refractivity (Wildman–Crippen MR) is 106 cm³/mol. The Balaban J connectivity index is 1.90. The van der Waals surface area contributed by atoms with E-state index in [1.54, 1.807) is 79.9 Å². The number of methoxy groups -OCH3 is 1. The number of benzene rings is 3. The molecule has 0 aliphatic heterocycles. The number of para-hydroxylation sites is 1. The first kappa shape index (κ1) is 19.2. The Morgan fingerprint density at radius 3 is 2.36 bits per heavy atom. The quantitative estimate of drug-likeness (QED) is 0.462. The molecular formula is C23H19FO4. The van der Waals surface area contributed by atoms with Gasteiger partial charge in [-0.1, -0.05) is 48.5 Å². The number of carboxylic acids is 1. The molecule has 0 unspecified atom stereocenters. The highest BCUT2D eigenvalue weighted by atomic mass is 19.1. The standard InChI is InChI=1S/C23H19FO4/c1-27-19-12-10-16(11-13-19)20(23(25)26)14-17-6-3-5-9-22(17)28-15-18-7-2-4-8-21(18)24/h2-14H,15H2,1H3,(H,25,26)/b20-14-. The van der Waals surface area contributed by atoms with Crippen LogP contribution in [0.15, 0.2) is 72.8 Å². The van der Waals surface area contributed by atoms with Crippen molar-refractivity contribution in [2.45, 2.75) is 6.61 Å². The average molecular weight is 378 g/mol. The van der Waals surface area contributed by atoms with Crippen LogP contribution < -0.4 is 9.47 Å². The molecule has 0 aliphatic carbocycles. The van der Waals surface area contributed by atoms with Gasteiger partial charge in [0.15, 0.2) is 0 Å². The lowest BCUT2D eigenvalue weighted by atomic mass is 10.0. The van der Waals surface area contributed by atoms with E-state index in [0.717, 1.165) is 0 Å². The summed E-state index contributed by atoms with van der Waals surface area (Å²) in [5, 5.41) is 9.66. The highest BCUT2D eigenvalue weighted by molar-refractivity contribution is 6.20. The Hall–Kier alpha value is -3.60. The van der Waals surface area contributed by atoms with E-state index in [2.05, 4.69) is 0 Å². The lowest BCUT2D eigenvalue weighted by Crippen LogP contribution is -2.02. The molecule has 1 N–H and O–H groups in total. The molecule has 0 aromatic heterocycles. The zero-order valence-electron chi connectivity index (χ0n) is 15.3. The molecule has 0 spiro atoms. The van der Waals surface area contributed by atoms with Crippen LogP contribution in [0, 0.1) is 5.82 Å². The van der Waals surface area contributed by atoms with Crippen LogP contribution in [-0.4, -0.2) is 18.2 Å². The molecular weight excluding hydrogens is 359 g/mol. The average Bonchev–Trinajstić information content (AvgIpc) is 2.72. The maximum Gasteiger partial charge on any atom is 0.336 e. The first-order valence-electron chi connectivity index (χ1n) is 8.63. The van der Waals surface area contributed by atoms with Gasteiger partial charge in [-0.15, -0.1) is 0 Å². The van der Waals surface area contributed by atoms with Crippen molar-refractivity contribution in [2.75, 3.05) is 7.11 Å². The monoisotopic (exact) mass is 378 g/mol. The van der Waals surface area contributed by atoms with Gasteiger partial charge in [0.05, 0.1) is 12.7 Å². The van der Waals surface area contributed by atoms with Gasteiger partial charge in [0, 0.05) is 11.1 Å². The Morgan fingerprint density at radius 2 is 1.68 bits per heavy atom. The molecule has 3 rings (SSSR count). The summed E-state index contributed by atoms with van der Waals surface area (Å²) < 4.78 is 24.7. The number of hydrogen-bond donors (Lipinski definition) is 1. The van der Waals surface area contributed by atoms with E-state index in [1.165, 1.54) is 6.07 Å². The first-order chi connectivity index (χ1) is 13.6. The molecule has 0 fully saturated rings. The molecule has 0 heterocycles. The molecule has 0 saturated carbocycles. The summed E-state index contributed by atoms with van der Waals surface area (Å²) in [5.74, 6) is -0.297. The fourth-order valence-corrected chi connectivity index (χ4v) is 2.70. The minimum absolute atomic E-state index is 0.0441. The van der Waals surface area contributed by atoms with E-state index in [1.807, 2.05) is 0 Å². The van der Waals surface area contributed by atoms with Gasteiger partial charge in [0.1, 0.15) is 23.9 Å². The summed E-state index contributed by atoms with van der Waals surface area (Å²) in [6.45, 7) is 0.0441. The minimum Gasteiger partial charge on any atom is -0.497 e. The Bertz CT molecular complexity index is 993. The number of carbonyl (C=O) groups is 1. The summed E-state index contributed by atoms with van der Waals surface area (Å²) in [7, 11) is 1.55. The second kappa shape index (κ2) is 8.86. The van der Waals surface area contributed by atoms with E-state index in [4.69, 9.17) is 9.47 Å². The van der Waals surface area contributed by atoms with Crippen molar-refractivity contribution in [3.8, 4) is 11.5 Å². The van der Waals surface area contributed by atoms with Gasteiger partial charge in [-0.3, -0.25) is 0 Å². The van der Waals surface area contributed by atoms with Crippen molar-refractivity contribution < 1.29 is 23.8 Å². The molecule has 0 bridgehead atoms. The fraction of sp³-hybridized carbons (Fsp3) is 0.0870. The Labute approximate surface area is 162 Å². The number of halogens is 1. The van der Waals surface area contributed by atoms with Crippen molar-refractivity contribution in [1.29, 1.82) is 0 Å². The predicted octanol–water partition coefficient (Wildman–Crippen LogP) is 5.04. The van der Waals surface area contributed by atoms with Gasteiger partial charge >= 0.3 is 5.97 Å². The van der Waals surface area contributed by atoms with Crippen LogP contribution in [-0.2, 0) is 11.4 Å². The van der Waals surface area contributed by atoms with Crippen molar-refractivity contribution in [3.05, 3.63) is 95.3 Å². The van der Waals surface area contributed by atoms with Crippen LogP contribution in [0.3, 0.4) is 0 Å². The molecule has 142 valence electrons. The van der Waals surface area contributed by atoms with E-state index >= 15 is 0 Å². The lowest BCUT2D eigenvalue weighted by molar-refractivity contribution is -0.130. The third-order valence-corrected chi connectivity index (χ3v) is 4.19. The highest BCUT2D eigenvalue weighted by Crippen LogP contribution is 2.27. The molecule has 0 aliphatic rings. The highest BCUT2D eigenvalue weighted by Gasteiger charge is 2.13. The fourth-order valence-electron chi connectivity index (χ4n) is 2.70. The number of rotatable bonds is 7. The molecule has 0 saturated heterocycles. The normalized spacial score (nSPS) is 11.1. The van der Waals surface area contributed by atoms with Crippen molar-refractivity contribution >= 4 is 17.6 Å². The number of hydrogen-bond acceptors (Lipinski definition) is 3. The molecule has 0 radical (unpaired) electrons. The van der Waals surface area contributed by atoms with Crippen molar-refractivity contribution in [2.24, 2.45) is 0 Å². The molecule has 0 amide bonds. The smallest absolute Gasteiger partial charge is 0.336 e. The van der Waals surface area contributed by atoms with E-state index in [-0.39, 0.29) is 18.0 Å². The molecule has 3 aromatic carbocycles. The summed E-state index contributed by atoms with van der Waals surface area (Å²) >= 11 is 0. The zero-order chi connectivity index (χ0) is 19.9. The van der Waals surface area contributed by atoms with E-state index in [0.29, 0.717) is 28.2 Å². The summed E-state index contributed by atoms with van der Waals surface area (Å²) in [4.78, 5) is 11.8. The van der Waals surface area contributed by atoms with Crippen LogP contribution in [0.2, 0.25) is 0 Å². The zero-order valence-corrected chi connectivity index (χ0v) is 15.3. The maximum absolute atomic E-state index is 13.8. The van der Waals surface area contributed by atoms with Gasteiger partial charge in [-0.05, 0) is 35.9 Å². The lowest BCUT2D eigenvalue weighted by Gasteiger charge is -2.11. The summed E-state index contributed by atoms with van der Waals surface area (Å²) in [6, 6.07) is 20.2. The third-order valence-electron chi connectivity index (χ3n) is 4.19. The Morgan fingerprint density at radius 1 is 1.00 bits per heavy atom. The number of aliphatic carboxylic acids is 1. The van der Waals surface area contributed by atoms with Crippen LogP contribution in [0.1, 0.15) is 16.7 Å². The summed E-state index contributed by atoms with van der Waals surface area (Å²) in [5.41, 5.74) is 1.67. The molecule has 28 heavy (non-hydrogen) atoms. The number of ether oxygens (including phenoxy) is 2. The topological polar surface area (TPSA) is 55.8 Å². The first-order valence-corrected chi connectivity index (χ1v) is 8.63. The maximum atomic E-state index is 13.8. The van der Waals surface area contributed by atoms with Gasteiger partial charge in [-0.2, -0.15) is 0 Å². The second-order valence-electron chi connectivity index (χ2n) is 6.01. The number of carboxylic acid groups (broad SMARTS) is 1. The minimum atomic E-state index is -1.06. The van der Waals surface area contributed by atoms with Crippen molar-refractivity contribution in [1.82, 2.24) is 0 Å². The van der Waals surface area contributed by atoms with Crippen molar-refractivity contribution in [3.63, 3.8) is 0 Å².